The molecule has 1 fully saturated rings. The van der Waals surface area contributed by atoms with Gasteiger partial charge in [-0.3, -0.25) is 4.79 Å². The normalized spacial score (nSPS) is 14.3. The number of amides is 1. The fourth-order valence-electron chi connectivity index (χ4n) is 3.66. The van der Waals surface area contributed by atoms with Crippen molar-refractivity contribution < 1.29 is 13.2 Å². The first kappa shape index (κ1) is 23.0. The summed E-state index contributed by atoms with van der Waals surface area (Å²) >= 11 is 0. The maximum absolute atomic E-state index is 12.7. The number of nitrogens with zero attached hydrogens (tertiary/aromatic N) is 3. The van der Waals surface area contributed by atoms with Crippen molar-refractivity contribution in [2.24, 2.45) is 0 Å². The van der Waals surface area contributed by atoms with Gasteiger partial charge in [0.25, 0.3) is 5.91 Å². The SMILES string of the molecule is Cc1cc(C)n(-c2ccc(C(=O)Nc3cccc(S(=O)(=O)N4CCCC4)c3)cc2)n1.Cl. The van der Waals surface area contributed by atoms with Crippen LogP contribution in [0.5, 0.6) is 0 Å². The lowest BCUT2D eigenvalue weighted by atomic mass is 10.2. The molecule has 7 nitrogen and oxygen atoms in total. The van der Waals surface area contributed by atoms with Gasteiger partial charge in [0, 0.05) is 30.0 Å². The minimum absolute atomic E-state index is 0. The maximum atomic E-state index is 12.7. The summed E-state index contributed by atoms with van der Waals surface area (Å²) in [5.74, 6) is -0.300. The molecular weight excluding hydrogens is 436 g/mol. The average Bonchev–Trinajstić information content (AvgIpc) is 3.38. The first-order valence-corrected chi connectivity index (χ1v) is 11.3. The Labute approximate surface area is 188 Å². The van der Waals surface area contributed by atoms with Gasteiger partial charge in [-0.1, -0.05) is 6.07 Å². The summed E-state index contributed by atoms with van der Waals surface area (Å²) in [5.41, 5.74) is 3.74. The molecule has 31 heavy (non-hydrogen) atoms. The van der Waals surface area contributed by atoms with E-state index in [-0.39, 0.29) is 23.2 Å². The van der Waals surface area contributed by atoms with E-state index in [0.717, 1.165) is 29.9 Å². The molecule has 9 heteroatoms. The number of halogens is 1. The minimum atomic E-state index is -3.53. The average molecular weight is 461 g/mol. The van der Waals surface area contributed by atoms with Crippen LogP contribution in [0.25, 0.3) is 5.69 Å². The van der Waals surface area contributed by atoms with E-state index in [2.05, 4.69) is 10.4 Å². The Balaban J connectivity index is 0.00000272. The number of benzene rings is 2. The lowest BCUT2D eigenvalue weighted by Gasteiger charge is -2.16. The van der Waals surface area contributed by atoms with Gasteiger partial charge in [-0.25, -0.2) is 13.1 Å². The van der Waals surface area contributed by atoms with Crippen molar-refractivity contribution in [3.8, 4) is 5.69 Å². The lowest BCUT2D eigenvalue weighted by Crippen LogP contribution is -2.27. The number of aryl methyl sites for hydroxylation is 2. The summed E-state index contributed by atoms with van der Waals surface area (Å²) in [6.45, 7) is 4.99. The highest BCUT2D eigenvalue weighted by atomic mass is 35.5. The van der Waals surface area contributed by atoms with Crippen LogP contribution in [0, 0.1) is 13.8 Å². The quantitative estimate of drug-likeness (QED) is 0.624. The van der Waals surface area contributed by atoms with Crippen molar-refractivity contribution in [1.29, 1.82) is 0 Å². The van der Waals surface area contributed by atoms with Crippen LogP contribution >= 0.6 is 12.4 Å². The Bertz CT molecular complexity index is 1180. The smallest absolute Gasteiger partial charge is 0.255 e. The fourth-order valence-corrected chi connectivity index (χ4v) is 5.22. The standard InChI is InChI=1S/C22H24N4O3S.ClH/c1-16-14-17(2)26(24-16)20-10-8-18(9-11-20)22(27)23-19-6-5-7-21(15-19)30(28,29)25-12-3-4-13-25;/h5-11,14-15H,3-4,12-13H2,1-2H3,(H,23,27);1H. The number of aromatic nitrogens is 2. The molecule has 1 aliphatic heterocycles. The predicted molar refractivity (Wildman–Crippen MR) is 123 cm³/mol. The van der Waals surface area contributed by atoms with E-state index < -0.39 is 10.0 Å². The van der Waals surface area contributed by atoms with Gasteiger partial charge in [-0.15, -0.1) is 12.4 Å². The number of hydrogen-bond acceptors (Lipinski definition) is 4. The third-order valence-corrected chi connectivity index (χ3v) is 7.07. The summed E-state index contributed by atoms with van der Waals surface area (Å²) in [5, 5.41) is 7.23. The number of carbonyl (C=O) groups is 1. The molecule has 2 aromatic carbocycles. The third kappa shape index (κ3) is 4.81. The van der Waals surface area contributed by atoms with E-state index in [1.807, 2.05) is 36.7 Å². The van der Waals surface area contributed by atoms with Gasteiger partial charge in [0.2, 0.25) is 10.0 Å². The van der Waals surface area contributed by atoms with Crippen molar-refractivity contribution in [1.82, 2.24) is 14.1 Å². The van der Waals surface area contributed by atoms with E-state index in [1.165, 1.54) is 10.4 Å². The summed E-state index contributed by atoms with van der Waals surface area (Å²) in [4.78, 5) is 12.9. The second-order valence-corrected chi connectivity index (χ2v) is 9.42. The molecule has 1 saturated heterocycles. The summed E-state index contributed by atoms with van der Waals surface area (Å²) in [7, 11) is -3.53. The summed E-state index contributed by atoms with van der Waals surface area (Å²) < 4.78 is 28.8. The lowest BCUT2D eigenvalue weighted by molar-refractivity contribution is 0.102. The minimum Gasteiger partial charge on any atom is -0.322 e. The highest BCUT2D eigenvalue weighted by Crippen LogP contribution is 2.23. The van der Waals surface area contributed by atoms with Crippen LogP contribution in [0.15, 0.2) is 59.5 Å². The highest BCUT2D eigenvalue weighted by Gasteiger charge is 2.27. The Hall–Kier alpha value is -2.68. The number of carbonyl (C=O) groups excluding carboxylic acids is 1. The van der Waals surface area contributed by atoms with E-state index >= 15 is 0 Å². The van der Waals surface area contributed by atoms with Gasteiger partial charge < -0.3 is 5.32 Å². The summed E-state index contributed by atoms with van der Waals surface area (Å²) in [6, 6.07) is 15.5. The zero-order valence-corrected chi connectivity index (χ0v) is 19.0. The molecule has 2 heterocycles. The predicted octanol–water partition coefficient (Wildman–Crippen LogP) is 3.95. The van der Waals surface area contributed by atoms with Gasteiger partial charge in [0.1, 0.15) is 0 Å². The molecule has 4 rings (SSSR count). The van der Waals surface area contributed by atoms with Crippen molar-refractivity contribution in [3.63, 3.8) is 0 Å². The van der Waals surface area contributed by atoms with Crippen molar-refractivity contribution in [3.05, 3.63) is 71.5 Å². The molecule has 0 spiro atoms. The topological polar surface area (TPSA) is 84.3 Å². The number of hydrogen-bond donors (Lipinski definition) is 1. The molecule has 1 aliphatic rings. The van der Waals surface area contributed by atoms with Crippen LogP contribution in [0.1, 0.15) is 34.6 Å². The Morgan fingerprint density at radius 1 is 1.00 bits per heavy atom. The van der Waals surface area contributed by atoms with Crippen LogP contribution < -0.4 is 5.32 Å². The molecule has 164 valence electrons. The van der Waals surface area contributed by atoms with Gasteiger partial charge in [0.05, 0.1) is 16.3 Å². The second-order valence-electron chi connectivity index (χ2n) is 7.48. The molecule has 0 saturated carbocycles. The largest absolute Gasteiger partial charge is 0.322 e. The van der Waals surface area contributed by atoms with Crippen LogP contribution in [0.2, 0.25) is 0 Å². The number of rotatable bonds is 5. The molecular formula is C22H25ClN4O3S. The van der Waals surface area contributed by atoms with Crippen LogP contribution in [0.4, 0.5) is 5.69 Å². The van der Waals surface area contributed by atoms with Gasteiger partial charge in [-0.05, 0) is 75.2 Å². The number of sulfonamides is 1. The van der Waals surface area contributed by atoms with E-state index in [4.69, 9.17) is 0 Å². The first-order valence-electron chi connectivity index (χ1n) is 9.90. The molecule has 1 N–H and O–H groups in total. The van der Waals surface area contributed by atoms with Crippen LogP contribution in [-0.4, -0.2) is 41.5 Å². The Kier molecular flexibility index (Phi) is 6.83. The van der Waals surface area contributed by atoms with E-state index in [1.54, 1.807) is 30.3 Å². The Morgan fingerprint density at radius 2 is 1.68 bits per heavy atom. The fraction of sp³-hybridized carbons (Fsp3) is 0.273. The van der Waals surface area contributed by atoms with Crippen molar-refractivity contribution in [2.75, 3.05) is 18.4 Å². The first-order chi connectivity index (χ1) is 14.3. The van der Waals surface area contributed by atoms with Crippen LogP contribution in [-0.2, 0) is 10.0 Å². The number of anilines is 1. The van der Waals surface area contributed by atoms with E-state index in [9.17, 15) is 13.2 Å². The molecule has 0 unspecified atom stereocenters. The molecule has 0 aliphatic carbocycles. The monoisotopic (exact) mass is 460 g/mol. The molecule has 0 atom stereocenters. The van der Waals surface area contributed by atoms with Crippen molar-refractivity contribution in [2.45, 2.75) is 31.6 Å². The third-order valence-electron chi connectivity index (χ3n) is 5.18. The summed E-state index contributed by atoms with van der Waals surface area (Å²) in [6.07, 6.45) is 1.76. The zero-order chi connectivity index (χ0) is 21.3. The van der Waals surface area contributed by atoms with Crippen LogP contribution in [0.3, 0.4) is 0 Å². The van der Waals surface area contributed by atoms with Crippen molar-refractivity contribution >= 4 is 34.0 Å². The number of nitrogens with one attached hydrogen (secondary N) is 1. The van der Waals surface area contributed by atoms with Gasteiger partial charge in [0.15, 0.2) is 0 Å². The molecule has 1 aromatic heterocycles. The Morgan fingerprint density at radius 3 is 2.29 bits per heavy atom. The zero-order valence-electron chi connectivity index (χ0n) is 17.4. The van der Waals surface area contributed by atoms with Gasteiger partial charge >= 0.3 is 0 Å². The molecule has 0 bridgehead atoms. The molecule has 0 radical (unpaired) electrons. The molecule has 3 aromatic rings. The highest BCUT2D eigenvalue weighted by molar-refractivity contribution is 7.89. The molecule has 1 amide bonds. The van der Waals surface area contributed by atoms with E-state index in [0.29, 0.717) is 24.3 Å². The maximum Gasteiger partial charge on any atom is 0.255 e. The van der Waals surface area contributed by atoms with Gasteiger partial charge in [-0.2, -0.15) is 9.40 Å². The second kappa shape index (κ2) is 9.21.